The molecule has 0 aliphatic carbocycles. The molecule has 0 heterocycles. The first-order chi connectivity index (χ1) is 9.52. The van der Waals surface area contributed by atoms with E-state index in [1.165, 1.54) is 12.1 Å². The normalized spacial score (nSPS) is 9.85. The van der Waals surface area contributed by atoms with Crippen LogP contribution in [0.1, 0.15) is 5.56 Å². The predicted molar refractivity (Wildman–Crippen MR) is 75.2 cm³/mol. The van der Waals surface area contributed by atoms with E-state index in [0.717, 1.165) is 6.07 Å². The monoisotopic (exact) mass is 335 g/mol. The Hall–Kier alpha value is -2.46. The summed E-state index contributed by atoms with van der Waals surface area (Å²) in [4.78, 5) is 10.1. The summed E-state index contributed by atoms with van der Waals surface area (Å²) in [7, 11) is 0. The third-order valence-corrected chi connectivity index (χ3v) is 3.19. The van der Waals surface area contributed by atoms with Crippen molar-refractivity contribution in [2.24, 2.45) is 0 Å². The van der Waals surface area contributed by atoms with Gasteiger partial charge in [0.1, 0.15) is 5.69 Å². The minimum absolute atomic E-state index is 0.0420. The molecule has 0 saturated heterocycles. The van der Waals surface area contributed by atoms with E-state index in [4.69, 9.17) is 5.26 Å². The van der Waals surface area contributed by atoms with E-state index >= 15 is 0 Å². The molecule has 2 aromatic rings. The maximum absolute atomic E-state index is 13.5. The Morgan fingerprint density at radius 3 is 2.65 bits per heavy atom. The van der Waals surface area contributed by atoms with Crippen molar-refractivity contribution in [3.8, 4) is 6.07 Å². The van der Waals surface area contributed by atoms with Gasteiger partial charge in [0.05, 0.1) is 22.2 Å². The second kappa shape index (κ2) is 5.67. The number of para-hydroxylation sites is 1. The van der Waals surface area contributed by atoms with E-state index in [9.17, 15) is 14.5 Å². The molecular formula is C13H7BrFN3O2. The average Bonchev–Trinajstić information content (AvgIpc) is 2.40. The third kappa shape index (κ3) is 2.75. The lowest BCUT2D eigenvalue weighted by Crippen LogP contribution is -2.00. The smallest absolute Gasteiger partial charge is 0.327 e. The highest BCUT2D eigenvalue weighted by Gasteiger charge is 2.20. The Bertz CT molecular complexity index is 728. The Balaban J connectivity index is 2.43. The first kappa shape index (κ1) is 14.0. The zero-order valence-electron chi connectivity index (χ0n) is 9.93. The molecule has 5 nitrogen and oxygen atoms in total. The van der Waals surface area contributed by atoms with Gasteiger partial charge in [-0.3, -0.25) is 10.1 Å². The number of hydrogen-bond donors (Lipinski definition) is 1. The van der Waals surface area contributed by atoms with Crippen LogP contribution in [0.25, 0.3) is 0 Å². The van der Waals surface area contributed by atoms with Gasteiger partial charge in [0.2, 0.25) is 5.82 Å². The lowest BCUT2D eigenvalue weighted by Gasteiger charge is -2.09. The van der Waals surface area contributed by atoms with Crippen LogP contribution in [0.3, 0.4) is 0 Å². The van der Waals surface area contributed by atoms with Crippen molar-refractivity contribution < 1.29 is 9.31 Å². The highest BCUT2D eigenvalue weighted by atomic mass is 79.9. The lowest BCUT2D eigenvalue weighted by atomic mass is 10.2. The first-order valence-electron chi connectivity index (χ1n) is 5.42. The Morgan fingerprint density at radius 2 is 2.05 bits per heavy atom. The van der Waals surface area contributed by atoms with Gasteiger partial charge in [-0.1, -0.05) is 6.07 Å². The molecule has 7 heteroatoms. The van der Waals surface area contributed by atoms with Crippen LogP contribution in [0.5, 0.6) is 0 Å². The summed E-state index contributed by atoms with van der Waals surface area (Å²) >= 11 is 3.25. The number of nitriles is 1. The lowest BCUT2D eigenvalue weighted by molar-refractivity contribution is -0.386. The van der Waals surface area contributed by atoms with Gasteiger partial charge < -0.3 is 5.32 Å². The summed E-state index contributed by atoms with van der Waals surface area (Å²) < 4.78 is 14.0. The number of rotatable bonds is 3. The molecule has 0 atom stereocenters. The Labute approximate surface area is 121 Å². The molecule has 2 rings (SSSR count). The van der Waals surface area contributed by atoms with Crippen LogP contribution < -0.4 is 5.32 Å². The molecule has 0 amide bonds. The van der Waals surface area contributed by atoms with E-state index < -0.39 is 16.4 Å². The van der Waals surface area contributed by atoms with Crippen molar-refractivity contribution in [2.45, 2.75) is 0 Å². The highest BCUT2D eigenvalue weighted by molar-refractivity contribution is 9.10. The molecule has 0 radical (unpaired) electrons. The zero-order chi connectivity index (χ0) is 14.7. The molecule has 0 aliphatic rings. The predicted octanol–water partition coefficient (Wildman–Crippen LogP) is 4.11. The minimum Gasteiger partial charge on any atom is -0.349 e. The Morgan fingerprint density at radius 1 is 1.30 bits per heavy atom. The summed E-state index contributed by atoms with van der Waals surface area (Å²) in [5.74, 6) is -0.912. The van der Waals surface area contributed by atoms with E-state index in [0.29, 0.717) is 15.7 Å². The molecule has 20 heavy (non-hydrogen) atoms. The molecule has 100 valence electrons. The number of nitro groups is 1. The van der Waals surface area contributed by atoms with E-state index in [-0.39, 0.29) is 5.69 Å². The largest absolute Gasteiger partial charge is 0.349 e. The second-order valence-electron chi connectivity index (χ2n) is 3.82. The van der Waals surface area contributed by atoms with Crippen LogP contribution in [-0.4, -0.2) is 4.92 Å². The van der Waals surface area contributed by atoms with Gasteiger partial charge in [-0.2, -0.15) is 9.65 Å². The zero-order valence-corrected chi connectivity index (χ0v) is 11.5. The van der Waals surface area contributed by atoms with Crippen molar-refractivity contribution in [3.05, 3.63) is 62.4 Å². The van der Waals surface area contributed by atoms with E-state index in [1.54, 1.807) is 18.2 Å². The van der Waals surface area contributed by atoms with Crippen LogP contribution in [0.4, 0.5) is 21.5 Å². The molecule has 1 N–H and O–H groups in total. The number of benzene rings is 2. The van der Waals surface area contributed by atoms with Gasteiger partial charge >= 0.3 is 5.69 Å². The summed E-state index contributed by atoms with van der Waals surface area (Å²) in [6.07, 6.45) is 0. The van der Waals surface area contributed by atoms with Gasteiger partial charge in [-0.15, -0.1) is 0 Å². The summed E-state index contributed by atoms with van der Waals surface area (Å²) in [5, 5.41) is 22.4. The van der Waals surface area contributed by atoms with Gasteiger partial charge in [0.25, 0.3) is 0 Å². The fraction of sp³-hybridized carbons (Fsp3) is 0. The number of hydrogen-bond acceptors (Lipinski definition) is 4. The molecule has 0 aromatic heterocycles. The van der Waals surface area contributed by atoms with Crippen LogP contribution in [0.2, 0.25) is 0 Å². The summed E-state index contributed by atoms with van der Waals surface area (Å²) in [6.45, 7) is 0. The van der Waals surface area contributed by atoms with E-state index in [1.807, 2.05) is 6.07 Å². The van der Waals surface area contributed by atoms with E-state index in [2.05, 4.69) is 21.2 Å². The van der Waals surface area contributed by atoms with Crippen LogP contribution in [-0.2, 0) is 0 Å². The van der Waals surface area contributed by atoms with Gasteiger partial charge in [0, 0.05) is 4.47 Å². The summed E-state index contributed by atoms with van der Waals surface area (Å²) in [5.41, 5.74) is 0.359. The van der Waals surface area contributed by atoms with Gasteiger partial charge in [-0.05, 0) is 46.3 Å². The standard InChI is InChI=1S/C13H7BrFN3O2/c14-9-6-8(7-16)4-5-11(9)17-12-3-1-2-10(15)13(12)18(19)20/h1-6,17H. The molecule has 0 fully saturated rings. The summed E-state index contributed by atoms with van der Waals surface area (Å²) in [6, 6.07) is 10.5. The quantitative estimate of drug-likeness (QED) is 0.676. The molecule has 2 aromatic carbocycles. The highest BCUT2D eigenvalue weighted by Crippen LogP contribution is 2.33. The molecule has 0 spiro atoms. The number of nitrogens with zero attached hydrogens (tertiary/aromatic N) is 2. The topological polar surface area (TPSA) is 79.0 Å². The fourth-order valence-corrected chi connectivity index (χ4v) is 2.11. The molecule has 0 unspecified atom stereocenters. The molecule has 0 saturated carbocycles. The second-order valence-corrected chi connectivity index (χ2v) is 4.68. The first-order valence-corrected chi connectivity index (χ1v) is 6.22. The van der Waals surface area contributed by atoms with Crippen molar-refractivity contribution in [1.29, 1.82) is 5.26 Å². The number of halogens is 2. The van der Waals surface area contributed by atoms with Crippen molar-refractivity contribution in [1.82, 2.24) is 0 Å². The third-order valence-electron chi connectivity index (χ3n) is 2.54. The Kier molecular flexibility index (Phi) is 3.96. The molecular weight excluding hydrogens is 329 g/mol. The van der Waals surface area contributed by atoms with Crippen molar-refractivity contribution in [3.63, 3.8) is 0 Å². The maximum atomic E-state index is 13.5. The number of nitrogens with one attached hydrogen (secondary N) is 1. The van der Waals surface area contributed by atoms with Crippen molar-refractivity contribution in [2.75, 3.05) is 5.32 Å². The van der Waals surface area contributed by atoms with Crippen LogP contribution in [0.15, 0.2) is 40.9 Å². The molecule has 0 aliphatic heterocycles. The number of nitro benzene ring substituents is 1. The molecule has 0 bridgehead atoms. The van der Waals surface area contributed by atoms with Gasteiger partial charge in [-0.25, -0.2) is 0 Å². The average molecular weight is 336 g/mol. The fourth-order valence-electron chi connectivity index (χ4n) is 1.63. The minimum atomic E-state index is -0.912. The number of anilines is 2. The SMILES string of the molecule is N#Cc1ccc(Nc2cccc(F)c2[N+](=O)[O-])c(Br)c1. The van der Waals surface area contributed by atoms with Gasteiger partial charge in [0.15, 0.2) is 0 Å². The van der Waals surface area contributed by atoms with Crippen LogP contribution >= 0.6 is 15.9 Å². The maximum Gasteiger partial charge on any atom is 0.327 e. The van der Waals surface area contributed by atoms with Crippen LogP contribution in [0, 0.1) is 27.3 Å². The van der Waals surface area contributed by atoms with Crippen molar-refractivity contribution >= 4 is 33.0 Å².